The van der Waals surface area contributed by atoms with E-state index in [1.54, 1.807) is 22.5 Å². The van der Waals surface area contributed by atoms with Gasteiger partial charge in [-0.05, 0) is 57.5 Å². The van der Waals surface area contributed by atoms with E-state index in [1.807, 2.05) is 6.92 Å². The smallest absolute Gasteiger partial charge is 0.243 e. The normalized spacial score (nSPS) is 24.9. The zero-order valence-electron chi connectivity index (χ0n) is 14.2. The number of hydrogen-bond acceptors (Lipinski definition) is 4. The van der Waals surface area contributed by atoms with Gasteiger partial charge in [0, 0.05) is 36.9 Å². The fraction of sp³-hybridized carbons (Fsp3) is 0.647. The molecule has 0 aliphatic carbocycles. The van der Waals surface area contributed by atoms with Gasteiger partial charge in [0.15, 0.2) is 0 Å². The maximum absolute atomic E-state index is 12.8. The summed E-state index contributed by atoms with van der Waals surface area (Å²) in [5.74, 6) is 0.511. The highest BCUT2D eigenvalue weighted by atomic mass is 35.5. The van der Waals surface area contributed by atoms with Crippen LogP contribution in [0.1, 0.15) is 19.8 Å². The number of likely N-dealkylation sites (N-methyl/N-ethyl adjacent to an activating group) is 1. The summed E-state index contributed by atoms with van der Waals surface area (Å²) in [6.07, 6.45) is 2.10. The third-order valence-corrected chi connectivity index (χ3v) is 7.31. The van der Waals surface area contributed by atoms with E-state index >= 15 is 0 Å². The molecular formula is C17H25ClN2O3S. The van der Waals surface area contributed by atoms with E-state index in [-0.39, 0.29) is 10.4 Å². The molecule has 0 bridgehead atoms. The van der Waals surface area contributed by atoms with E-state index in [0.717, 1.165) is 32.6 Å². The van der Waals surface area contributed by atoms with Gasteiger partial charge in [0.1, 0.15) is 0 Å². The molecule has 3 rings (SSSR count). The molecule has 0 aromatic heterocycles. The van der Waals surface area contributed by atoms with E-state index in [0.29, 0.717) is 24.0 Å². The van der Waals surface area contributed by atoms with Crippen LogP contribution >= 0.6 is 11.6 Å². The lowest BCUT2D eigenvalue weighted by atomic mass is 9.77. The quantitative estimate of drug-likeness (QED) is 0.796. The molecule has 7 heteroatoms. The van der Waals surface area contributed by atoms with Gasteiger partial charge in [0.2, 0.25) is 10.0 Å². The second kappa shape index (κ2) is 6.92. The molecule has 2 heterocycles. The summed E-state index contributed by atoms with van der Waals surface area (Å²) in [6.45, 7) is 5.58. The van der Waals surface area contributed by atoms with Gasteiger partial charge in [-0.2, -0.15) is 4.31 Å². The Morgan fingerprint density at radius 3 is 2.79 bits per heavy atom. The highest BCUT2D eigenvalue weighted by molar-refractivity contribution is 7.89. The monoisotopic (exact) mass is 372 g/mol. The van der Waals surface area contributed by atoms with E-state index in [1.165, 1.54) is 6.07 Å². The molecule has 0 unspecified atom stereocenters. The van der Waals surface area contributed by atoms with Crippen LogP contribution in [-0.4, -0.2) is 63.1 Å². The van der Waals surface area contributed by atoms with Crippen molar-refractivity contribution < 1.29 is 13.2 Å². The molecule has 2 saturated heterocycles. The SMILES string of the molecule is CCOC[C@@H]1CCN(C)C2(C1)CN(S(=O)(=O)c1cccc(Cl)c1)C2. The first-order valence-electron chi connectivity index (χ1n) is 8.42. The summed E-state index contributed by atoms with van der Waals surface area (Å²) in [4.78, 5) is 2.59. The lowest BCUT2D eigenvalue weighted by Gasteiger charge is -2.57. The topological polar surface area (TPSA) is 49.9 Å². The van der Waals surface area contributed by atoms with E-state index in [2.05, 4.69) is 11.9 Å². The first-order chi connectivity index (χ1) is 11.4. The number of hydrogen-bond donors (Lipinski definition) is 0. The van der Waals surface area contributed by atoms with E-state index < -0.39 is 10.0 Å². The van der Waals surface area contributed by atoms with Crippen molar-refractivity contribution in [3.8, 4) is 0 Å². The summed E-state index contributed by atoms with van der Waals surface area (Å²) in [6, 6.07) is 6.49. The molecule has 1 spiro atoms. The maximum atomic E-state index is 12.8. The Labute approximate surface area is 149 Å². The van der Waals surface area contributed by atoms with Gasteiger partial charge in [0.05, 0.1) is 4.90 Å². The lowest BCUT2D eigenvalue weighted by molar-refractivity contribution is -0.0576. The third-order valence-electron chi connectivity index (χ3n) is 5.28. The van der Waals surface area contributed by atoms with Crippen LogP contribution in [0.25, 0.3) is 0 Å². The summed E-state index contributed by atoms with van der Waals surface area (Å²) < 4.78 is 32.7. The minimum atomic E-state index is -3.47. The van der Waals surface area contributed by atoms with Crippen molar-refractivity contribution >= 4 is 21.6 Å². The molecule has 1 atom stereocenters. The minimum absolute atomic E-state index is 0.0499. The van der Waals surface area contributed by atoms with Crippen LogP contribution in [0.2, 0.25) is 5.02 Å². The second-order valence-electron chi connectivity index (χ2n) is 6.89. The fourth-order valence-corrected chi connectivity index (χ4v) is 5.66. The number of benzene rings is 1. The van der Waals surface area contributed by atoms with Gasteiger partial charge >= 0.3 is 0 Å². The van der Waals surface area contributed by atoms with Crippen LogP contribution in [0.15, 0.2) is 29.2 Å². The number of halogens is 1. The van der Waals surface area contributed by atoms with Crippen molar-refractivity contribution in [1.29, 1.82) is 0 Å². The number of nitrogens with zero attached hydrogens (tertiary/aromatic N) is 2. The maximum Gasteiger partial charge on any atom is 0.243 e. The standard InChI is InChI=1S/C17H25ClN2O3S/c1-3-23-11-14-7-8-19(2)17(10-14)12-20(13-17)24(21,22)16-6-4-5-15(18)9-16/h4-6,9,14H,3,7-8,10-13H2,1-2H3/t14-/m1/s1. The highest BCUT2D eigenvalue weighted by Crippen LogP contribution is 2.40. The van der Waals surface area contributed by atoms with Crippen LogP contribution in [0, 0.1) is 5.92 Å². The molecule has 2 aliphatic heterocycles. The third kappa shape index (κ3) is 3.35. The molecule has 0 saturated carbocycles. The average Bonchev–Trinajstić information content (AvgIpc) is 2.52. The van der Waals surface area contributed by atoms with Crippen molar-refractivity contribution in [3.05, 3.63) is 29.3 Å². The fourth-order valence-electron chi connectivity index (χ4n) is 3.76. The second-order valence-corrected chi connectivity index (χ2v) is 9.27. The summed E-state index contributed by atoms with van der Waals surface area (Å²) in [7, 11) is -1.37. The average molecular weight is 373 g/mol. The Morgan fingerprint density at radius 1 is 1.38 bits per heavy atom. The summed E-state index contributed by atoms with van der Waals surface area (Å²) in [5, 5.41) is 0.442. The van der Waals surface area contributed by atoms with Gasteiger partial charge in [-0.25, -0.2) is 8.42 Å². The molecule has 24 heavy (non-hydrogen) atoms. The van der Waals surface area contributed by atoms with Crippen LogP contribution in [0.3, 0.4) is 0 Å². The van der Waals surface area contributed by atoms with Crippen LogP contribution in [-0.2, 0) is 14.8 Å². The predicted molar refractivity (Wildman–Crippen MR) is 94.8 cm³/mol. The Hall–Kier alpha value is -0.660. The van der Waals surface area contributed by atoms with Gasteiger partial charge in [-0.3, -0.25) is 4.90 Å². The molecular weight excluding hydrogens is 348 g/mol. The van der Waals surface area contributed by atoms with Crippen molar-refractivity contribution in [2.75, 3.05) is 39.9 Å². The Bertz CT molecular complexity index is 687. The number of rotatable bonds is 5. The van der Waals surface area contributed by atoms with Gasteiger partial charge in [0.25, 0.3) is 0 Å². The molecule has 5 nitrogen and oxygen atoms in total. The van der Waals surface area contributed by atoms with Crippen molar-refractivity contribution in [1.82, 2.24) is 9.21 Å². The molecule has 1 aromatic rings. The first kappa shape index (κ1) is 18.1. The molecule has 2 fully saturated rings. The number of piperidine rings is 1. The van der Waals surface area contributed by atoms with Crippen LogP contribution in [0.5, 0.6) is 0 Å². The first-order valence-corrected chi connectivity index (χ1v) is 10.2. The Kier molecular flexibility index (Phi) is 5.23. The van der Waals surface area contributed by atoms with Crippen molar-refractivity contribution in [3.63, 3.8) is 0 Å². The van der Waals surface area contributed by atoms with Crippen molar-refractivity contribution in [2.45, 2.75) is 30.2 Å². The molecule has 0 amide bonds. The highest BCUT2D eigenvalue weighted by Gasteiger charge is 2.53. The summed E-state index contributed by atoms with van der Waals surface area (Å²) in [5.41, 5.74) is -0.0499. The molecule has 0 N–H and O–H groups in total. The molecule has 0 radical (unpaired) electrons. The largest absolute Gasteiger partial charge is 0.381 e. The van der Waals surface area contributed by atoms with Gasteiger partial charge in [-0.1, -0.05) is 17.7 Å². The van der Waals surface area contributed by atoms with Gasteiger partial charge in [-0.15, -0.1) is 0 Å². The van der Waals surface area contributed by atoms with E-state index in [4.69, 9.17) is 16.3 Å². The van der Waals surface area contributed by atoms with Crippen LogP contribution in [0.4, 0.5) is 0 Å². The van der Waals surface area contributed by atoms with Crippen LogP contribution < -0.4 is 0 Å². The lowest BCUT2D eigenvalue weighted by Crippen LogP contribution is -2.72. The molecule has 2 aliphatic rings. The van der Waals surface area contributed by atoms with Crippen molar-refractivity contribution in [2.24, 2.45) is 5.92 Å². The predicted octanol–water partition coefficient (Wildman–Crippen LogP) is 2.46. The number of sulfonamides is 1. The zero-order chi connectivity index (χ0) is 17.4. The molecule has 134 valence electrons. The van der Waals surface area contributed by atoms with Gasteiger partial charge < -0.3 is 4.74 Å². The number of ether oxygens (including phenoxy) is 1. The zero-order valence-corrected chi connectivity index (χ0v) is 15.8. The van der Waals surface area contributed by atoms with E-state index in [9.17, 15) is 8.42 Å². The number of likely N-dealkylation sites (tertiary alicyclic amines) is 1. The minimum Gasteiger partial charge on any atom is -0.381 e. The summed E-state index contributed by atoms with van der Waals surface area (Å²) >= 11 is 5.94. The Morgan fingerprint density at radius 2 is 2.12 bits per heavy atom. The Balaban J connectivity index is 1.70. The molecule has 1 aromatic carbocycles.